The largest absolute Gasteiger partial charge is 0.491 e. The summed E-state index contributed by atoms with van der Waals surface area (Å²) in [7, 11) is 1.71. The first-order valence-electron chi connectivity index (χ1n) is 13.8. The van der Waals surface area contributed by atoms with Gasteiger partial charge < -0.3 is 19.3 Å². The van der Waals surface area contributed by atoms with E-state index >= 15 is 0 Å². The molecule has 5 nitrogen and oxygen atoms in total. The summed E-state index contributed by atoms with van der Waals surface area (Å²) in [6, 6.07) is 6.82. The molecular weight excluding hydrogens is 504 g/mol. The molecule has 0 atom stereocenters. The van der Waals surface area contributed by atoms with Crippen LogP contribution in [0.25, 0.3) is 0 Å². The van der Waals surface area contributed by atoms with E-state index < -0.39 is 0 Å². The Morgan fingerprint density at radius 1 is 1.11 bits per heavy atom. The van der Waals surface area contributed by atoms with Crippen molar-refractivity contribution in [2.45, 2.75) is 90.7 Å². The number of halogens is 1. The zero-order chi connectivity index (χ0) is 25.2. The molecule has 1 saturated carbocycles. The van der Waals surface area contributed by atoms with Crippen LogP contribution in [-0.4, -0.2) is 67.7 Å². The molecule has 0 spiro atoms. The van der Waals surface area contributed by atoms with Gasteiger partial charge in [0.05, 0.1) is 12.7 Å². The van der Waals surface area contributed by atoms with Crippen LogP contribution in [0.2, 0.25) is 0 Å². The fourth-order valence-corrected chi connectivity index (χ4v) is 6.32. The van der Waals surface area contributed by atoms with Crippen LogP contribution in [-0.2, 0) is 16.0 Å². The van der Waals surface area contributed by atoms with Crippen LogP contribution < -0.4 is 4.74 Å². The first-order valence-corrected chi connectivity index (χ1v) is 14.6. The number of piperidine rings is 1. The average Bonchev–Trinajstić information content (AvgIpc) is 2.83. The molecule has 35 heavy (non-hydrogen) atoms. The molecule has 6 heteroatoms. The van der Waals surface area contributed by atoms with E-state index in [0.717, 1.165) is 43.4 Å². The second-order valence-corrected chi connectivity index (χ2v) is 11.8. The van der Waals surface area contributed by atoms with E-state index in [2.05, 4.69) is 52.9 Å². The Morgan fingerprint density at radius 2 is 1.83 bits per heavy atom. The highest BCUT2D eigenvalue weighted by atomic mass is 79.9. The van der Waals surface area contributed by atoms with Crippen LogP contribution in [0.15, 0.2) is 22.7 Å². The van der Waals surface area contributed by atoms with Gasteiger partial charge in [0.25, 0.3) is 0 Å². The Balaban J connectivity index is 1.33. The van der Waals surface area contributed by atoms with Gasteiger partial charge in [0, 0.05) is 31.1 Å². The lowest BCUT2D eigenvalue weighted by Gasteiger charge is -2.37. The summed E-state index contributed by atoms with van der Waals surface area (Å²) >= 11 is 3.75. The van der Waals surface area contributed by atoms with Crippen molar-refractivity contribution in [2.75, 3.05) is 39.9 Å². The smallest absolute Gasteiger partial charge is 0.219 e. The summed E-state index contributed by atoms with van der Waals surface area (Å²) < 4.78 is 12.3. The molecule has 0 unspecified atom stereocenters. The highest BCUT2D eigenvalue weighted by molar-refractivity contribution is 9.10. The molecule has 0 radical (unpaired) electrons. The Morgan fingerprint density at radius 3 is 2.46 bits per heavy atom. The monoisotopic (exact) mass is 550 g/mol. The van der Waals surface area contributed by atoms with E-state index in [4.69, 9.17) is 9.47 Å². The van der Waals surface area contributed by atoms with Crippen molar-refractivity contribution >= 4 is 21.8 Å². The van der Waals surface area contributed by atoms with Crippen molar-refractivity contribution < 1.29 is 14.3 Å². The minimum Gasteiger partial charge on any atom is -0.491 e. The maximum absolute atomic E-state index is 12.0. The molecule has 1 aliphatic heterocycles. The van der Waals surface area contributed by atoms with Gasteiger partial charge in [0.1, 0.15) is 5.75 Å². The molecule has 2 aliphatic rings. The van der Waals surface area contributed by atoms with Gasteiger partial charge in [-0.25, -0.2) is 0 Å². The number of ether oxygens (including phenoxy) is 2. The summed E-state index contributed by atoms with van der Waals surface area (Å²) in [6.07, 6.45) is 11.4. The Hall–Kier alpha value is -1.11. The average molecular weight is 552 g/mol. The second kappa shape index (κ2) is 14.6. The van der Waals surface area contributed by atoms with Crippen LogP contribution in [0.5, 0.6) is 5.75 Å². The van der Waals surface area contributed by atoms with Gasteiger partial charge in [0.15, 0.2) is 0 Å². The maximum Gasteiger partial charge on any atom is 0.219 e. The van der Waals surface area contributed by atoms with Crippen LogP contribution in [0.1, 0.15) is 77.7 Å². The molecule has 0 bridgehead atoms. The van der Waals surface area contributed by atoms with E-state index in [1.54, 1.807) is 14.0 Å². The molecule has 1 aromatic rings. The van der Waals surface area contributed by atoms with E-state index in [-0.39, 0.29) is 12.0 Å². The number of amides is 1. The van der Waals surface area contributed by atoms with Crippen LogP contribution in [0.4, 0.5) is 0 Å². The Kier molecular flexibility index (Phi) is 11.9. The van der Waals surface area contributed by atoms with Gasteiger partial charge in [-0.15, -0.1) is 0 Å². The molecular formula is C29H47BrN2O3. The third kappa shape index (κ3) is 9.36. The van der Waals surface area contributed by atoms with E-state index in [1.807, 2.05) is 4.90 Å². The van der Waals surface area contributed by atoms with E-state index in [9.17, 15) is 4.79 Å². The lowest BCUT2D eigenvalue weighted by Crippen LogP contribution is -2.43. The number of benzene rings is 1. The van der Waals surface area contributed by atoms with Crippen molar-refractivity contribution in [3.05, 3.63) is 28.2 Å². The number of nitrogens with zero attached hydrogens (tertiary/aromatic N) is 2. The van der Waals surface area contributed by atoms with E-state index in [0.29, 0.717) is 12.6 Å². The van der Waals surface area contributed by atoms with Gasteiger partial charge in [-0.2, -0.15) is 0 Å². The second-order valence-electron chi connectivity index (χ2n) is 10.9. The molecule has 198 valence electrons. The van der Waals surface area contributed by atoms with Crippen LogP contribution in [0.3, 0.4) is 0 Å². The van der Waals surface area contributed by atoms with Crippen LogP contribution >= 0.6 is 15.9 Å². The number of likely N-dealkylation sites (tertiary alicyclic amines) is 1. The molecule has 1 amide bonds. The highest BCUT2D eigenvalue weighted by Crippen LogP contribution is 2.32. The first-order chi connectivity index (χ1) is 16.9. The quantitative estimate of drug-likeness (QED) is 0.305. The molecule has 1 aliphatic carbocycles. The van der Waals surface area contributed by atoms with Crippen molar-refractivity contribution in [3.63, 3.8) is 0 Å². The van der Waals surface area contributed by atoms with Gasteiger partial charge in [-0.3, -0.25) is 4.79 Å². The minimum absolute atomic E-state index is 0.192. The lowest BCUT2D eigenvalue weighted by atomic mass is 9.82. The van der Waals surface area contributed by atoms with Gasteiger partial charge >= 0.3 is 0 Å². The van der Waals surface area contributed by atoms with Crippen molar-refractivity contribution in [1.82, 2.24) is 9.80 Å². The van der Waals surface area contributed by atoms with Crippen molar-refractivity contribution in [3.8, 4) is 5.75 Å². The molecule has 2 fully saturated rings. The third-order valence-corrected chi connectivity index (χ3v) is 8.66. The number of methoxy groups -OCH3 is 1. The molecule has 3 rings (SSSR count). The van der Waals surface area contributed by atoms with Gasteiger partial charge in [0.2, 0.25) is 5.91 Å². The SMILES string of the molecule is COCCN(C(C)=O)C1CCC(CCCN2CCC(Cc3cc(OC(C)C)ccc3Br)CC2)CC1. The topological polar surface area (TPSA) is 42.0 Å². The summed E-state index contributed by atoms with van der Waals surface area (Å²) in [6.45, 7) is 10.9. The Bertz CT molecular complexity index is 771. The Labute approximate surface area is 222 Å². The summed E-state index contributed by atoms with van der Waals surface area (Å²) in [5.74, 6) is 2.76. The fraction of sp³-hybridized carbons (Fsp3) is 0.759. The summed E-state index contributed by atoms with van der Waals surface area (Å²) in [5, 5.41) is 0. The molecule has 1 heterocycles. The minimum atomic E-state index is 0.192. The zero-order valence-electron chi connectivity index (χ0n) is 22.4. The van der Waals surface area contributed by atoms with Crippen LogP contribution in [0, 0.1) is 11.8 Å². The van der Waals surface area contributed by atoms with Crippen molar-refractivity contribution in [1.29, 1.82) is 0 Å². The van der Waals surface area contributed by atoms with E-state index in [1.165, 1.54) is 68.2 Å². The number of hydrogen-bond donors (Lipinski definition) is 0. The fourth-order valence-electron chi connectivity index (χ4n) is 5.91. The molecule has 1 saturated heterocycles. The van der Waals surface area contributed by atoms with Gasteiger partial charge in [-0.1, -0.05) is 15.9 Å². The van der Waals surface area contributed by atoms with Gasteiger partial charge in [-0.05, 0) is 127 Å². The maximum atomic E-state index is 12.0. The van der Waals surface area contributed by atoms with Crippen molar-refractivity contribution in [2.24, 2.45) is 11.8 Å². The highest BCUT2D eigenvalue weighted by Gasteiger charge is 2.27. The lowest BCUT2D eigenvalue weighted by molar-refractivity contribution is -0.132. The zero-order valence-corrected chi connectivity index (χ0v) is 24.0. The number of hydrogen-bond acceptors (Lipinski definition) is 4. The predicted octanol–water partition coefficient (Wildman–Crippen LogP) is 6.32. The summed E-state index contributed by atoms with van der Waals surface area (Å²) in [4.78, 5) is 16.7. The molecule has 0 aromatic heterocycles. The number of rotatable bonds is 12. The first kappa shape index (κ1) is 28.5. The standard InChI is InChI=1S/C29H47BrN2O3/c1-22(2)35-28-11-12-29(30)26(21-28)20-25-13-16-31(17-14-25)15-5-6-24-7-9-27(10-8-24)32(23(3)33)18-19-34-4/h11-12,21-22,24-25,27H,5-10,13-20H2,1-4H3. The predicted molar refractivity (Wildman–Crippen MR) is 147 cm³/mol. The number of carbonyl (C=O) groups excluding carboxylic acids is 1. The molecule has 1 aromatic carbocycles. The number of carbonyl (C=O) groups is 1. The summed E-state index contributed by atoms with van der Waals surface area (Å²) in [5.41, 5.74) is 1.38. The third-order valence-electron chi connectivity index (χ3n) is 7.89. The molecule has 0 N–H and O–H groups in total. The normalized spacial score (nSPS) is 21.9.